The number of carbonyl (C=O) groups is 1. The molecule has 0 atom stereocenters. The van der Waals surface area contributed by atoms with E-state index in [0.29, 0.717) is 0 Å². The molecule has 0 saturated carbocycles. The number of aryl methyl sites for hydroxylation is 1. The van der Waals surface area contributed by atoms with Crippen LogP contribution < -0.4 is 16.0 Å². The molecule has 1 aliphatic rings. The number of hydrogen-bond donors (Lipinski definition) is 3. The van der Waals surface area contributed by atoms with Crippen molar-refractivity contribution >= 4 is 18.0 Å². The second-order valence-electron chi connectivity index (χ2n) is 4.83. The lowest BCUT2D eigenvalue weighted by molar-refractivity contribution is -0.450. The van der Waals surface area contributed by atoms with Gasteiger partial charge in [-0.1, -0.05) is 6.07 Å². The van der Waals surface area contributed by atoms with Crippen LogP contribution in [0.1, 0.15) is 17.7 Å². The fraction of sp³-hybridized carbons (Fsp3) is 0.400. The summed E-state index contributed by atoms with van der Waals surface area (Å²) in [6.07, 6.45) is 6.20. The lowest BCUT2D eigenvalue weighted by Crippen LogP contribution is -2.69. The van der Waals surface area contributed by atoms with Crippen molar-refractivity contribution in [2.45, 2.75) is 19.3 Å². The molecule has 1 aliphatic heterocycles. The van der Waals surface area contributed by atoms with Crippen LogP contribution in [0.25, 0.3) is 0 Å². The van der Waals surface area contributed by atoms with Crippen molar-refractivity contribution in [3.8, 4) is 0 Å². The first kappa shape index (κ1) is 15.0. The molecule has 0 amide bonds. The Morgan fingerprint density at radius 1 is 1.57 bits per heavy atom. The van der Waals surface area contributed by atoms with Gasteiger partial charge in [0, 0.05) is 24.7 Å². The third-order valence-corrected chi connectivity index (χ3v) is 3.28. The van der Waals surface area contributed by atoms with Gasteiger partial charge in [0.05, 0.1) is 7.11 Å². The molecule has 0 spiro atoms. The van der Waals surface area contributed by atoms with Gasteiger partial charge in [-0.15, -0.1) is 0 Å². The Morgan fingerprint density at radius 3 is 3.24 bits per heavy atom. The first-order valence-electron chi connectivity index (χ1n) is 7.04. The highest BCUT2D eigenvalue weighted by Crippen LogP contribution is 2.19. The monoisotopic (exact) mass is 289 g/mol. The third kappa shape index (κ3) is 4.30. The molecule has 0 bridgehead atoms. The molecule has 112 valence electrons. The molecule has 0 saturated heterocycles. The quantitative estimate of drug-likeness (QED) is 0.373. The zero-order chi connectivity index (χ0) is 15.1. The summed E-state index contributed by atoms with van der Waals surface area (Å²) in [7, 11) is 1.30. The van der Waals surface area contributed by atoms with E-state index in [0.717, 1.165) is 37.4 Å². The number of ether oxygens (including phenoxy) is 1. The van der Waals surface area contributed by atoms with E-state index in [1.165, 1.54) is 25.2 Å². The molecule has 0 aromatic carbocycles. The molecule has 2 rings (SSSR count). The van der Waals surface area contributed by atoms with E-state index in [-0.39, 0.29) is 5.70 Å². The smallest absolute Gasteiger partial charge is 0.354 e. The number of aromatic nitrogens is 1. The fourth-order valence-electron chi connectivity index (χ4n) is 2.13. The van der Waals surface area contributed by atoms with Gasteiger partial charge in [-0.25, -0.2) is 14.8 Å². The number of fused-ring (bicyclic) bond motifs is 1. The van der Waals surface area contributed by atoms with Crippen LogP contribution in [0.2, 0.25) is 0 Å². The Hall–Kier alpha value is -2.37. The van der Waals surface area contributed by atoms with Crippen LogP contribution >= 0.6 is 0 Å². The Labute approximate surface area is 124 Å². The van der Waals surface area contributed by atoms with Crippen LogP contribution in [0.15, 0.2) is 23.9 Å². The molecule has 1 aromatic heterocycles. The Balaban J connectivity index is 1.85. The van der Waals surface area contributed by atoms with Crippen molar-refractivity contribution in [2.24, 2.45) is 5.73 Å². The van der Waals surface area contributed by atoms with E-state index >= 15 is 0 Å². The van der Waals surface area contributed by atoms with Gasteiger partial charge in [0.2, 0.25) is 0 Å². The van der Waals surface area contributed by atoms with Gasteiger partial charge in [-0.3, -0.25) is 0 Å². The van der Waals surface area contributed by atoms with E-state index in [4.69, 9.17) is 5.73 Å². The first-order chi connectivity index (χ1) is 10.2. The second-order valence-corrected chi connectivity index (χ2v) is 4.83. The van der Waals surface area contributed by atoms with Crippen LogP contribution in [0, 0.1) is 0 Å². The maximum Gasteiger partial charge on any atom is 0.354 e. The normalized spacial score (nSPS) is 14.6. The number of carbonyl (C=O) groups excluding carboxylic acids is 1. The van der Waals surface area contributed by atoms with E-state index in [2.05, 4.69) is 32.2 Å². The van der Waals surface area contributed by atoms with Crippen LogP contribution in [-0.2, 0) is 22.4 Å². The molecule has 4 N–H and O–H groups in total. The zero-order valence-electron chi connectivity index (χ0n) is 12.2. The first-order valence-corrected chi connectivity index (χ1v) is 7.04. The van der Waals surface area contributed by atoms with Crippen molar-refractivity contribution in [3.05, 3.63) is 35.2 Å². The molecule has 2 heterocycles. The van der Waals surface area contributed by atoms with Gasteiger partial charge in [0.15, 0.2) is 6.21 Å². The summed E-state index contributed by atoms with van der Waals surface area (Å²) in [5.41, 5.74) is 7.89. The number of nitrogens with zero attached hydrogens (tertiary/aromatic N) is 1. The minimum absolute atomic E-state index is 0.0705. The number of pyridine rings is 1. The van der Waals surface area contributed by atoms with E-state index in [1.54, 1.807) is 6.21 Å². The van der Waals surface area contributed by atoms with E-state index < -0.39 is 5.97 Å². The van der Waals surface area contributed by atoms with E-state index in [1.807, 2.05) is 0 Å². The highest BCUT2D eigenvalue weighted by molar-refractivity contribution is 5.91. The topological polar surface area (TPSA) is 91.2 Å². The van der Waals surface area contributed by atoms with Gasteiger partial charge in [0.1, 0.15) is 18.1 Å². The Bertz CT molecular complexity index is 567. The SMILES string of the molecule is COC(=O)C(N)=CC=[NH+]CCc1ccc2c(n1)NCCC2. The predicted octanol–water partition coefficient (Wildman–Crippen LogP) is -0.851. The van der Waals surface area contributed by atoms with Crippen LogP contribution in [0.5, 0.6) is 0 Å². The minimum Gasteiger partial charge on any atom is -0.464 e. The average molecular weight is 289 g/mol. The summed E-state index contributed by atoms with van der Waals surface area (Å²) in [4.78, 5) is 18.7. The van der Waals surface area contributed by atoms with Gasteiger partial charge in [0.25, 0.3) is 0 Å². The van der Waals surface area contributed by atoms with Gasteiger partial charge >= 0.3 is 5.97 Å². The molecule has 0 fully saturated rings. The van der Waals surface area contributed by atoms with E-state index in [9.17, 15) is 4.79 Å². The molecule has 6 heteroatoms. The zero-order valence-corrected chi connectivity index (χ0v) is 12.2. The highest BCUT2D eigenvalue weighted by atomic mass is 16.5. The lowest BCUT2D eigenvalue weighted by Gasteiger charge is -2.17. The average Bonchev–Trinajstić information content (AvgIpc) is 2.53. The molecule has 1 aromatic rings. The summed E-state index contributed by atoms with van der Waals surface area (Å²) in [6, 6.07) is 4.20. The summed E-state index contributed by atoms with van der Waals surface area (Å²) in [5.74, 6) is 0.480. The number of rotatable bonds is 5. The van der Waals surface area contributed by atoms with Crippen molar-refractivity contribution in [1.29, 1.82) is 0 Å². The molecular weight excluding hydrogens is 268 g/mol. The second kappa shape index (κ2) is 7.42. The van der Waals surface area contributed by atoms with Gasteiger partial charge < -0.3 is 15.8 Å². The molecule has 6 nitrogen and oxygen atoms in total. The largest absolute Gasteiger partial charge is 0.464 e. The van der Waals surface area contributed by atoms with Crippen LogP contribution in [0.3, 0.4) is 0 Å². The number of hydrogen-bond acceptors (Lipinski definition) is 5. The molecule has 0 unspecified atom stereocenters. The van der Waals surface area contributed by atoms with Gasteiger partial charge in [-0.05, 0) is 24.5 Å². The molecule has 21 heavy (non-hydrogen) atoms. The van der Waals surface area contributed by atoms with Crippen LogP contribution in [0.4, 0.5) is 5.82 Å². The number of anilines is 1. The number of methoxy groups -OCH3 is 1. The maximum atomic E-state index is 11.1. The summed E-state index contributed by atoms with van der Waals surface area (Å²) < 4.78 is 4.49. The Morgan fingerprint density at radius 2 is 2.43 bits per heavy atom. The molecule has 0 radical (unpaired) electrons. The molecular formula is C15H21N4O2+. The summed E-state index contributed by atoms with van der Waals surface area (Å²) in [5, 5.41) is 3.32. The number of nitrogens with two attached hydrogens (primary N) is 1. The number of esters is 1. The van der Waals surface area contributed by atoms with Crippen molar-refractivity contribution < 1.29 is 14.5 Å². The minimum atomic E-state index is -0.532. The third-order valence-electron chi connectivity index (χ3n) is 3.28. The van der Waals surface area contributed by atoms with Crippen molar-refractivity contribution in [2.75, 3.05) is 25.5 Å². The lowest BCUT2D eigenvalue weighted by atomic mass is 10.1. The fourth-order valence-corrected chi connectivity index (χ4v) is 2.13. The highest BCUT2D eigenvalue weighted by Gasteiger charge is 2.10. The van der Waals surface area contributed by atoms with Gasteiger partial charge in [-0.2, -0.15) is 0 Å². The predicted molar refractivity (Wildman–Crippen MR) is 80.9 cm³/mol. The summed E-state index contributed by atoms with van der Waals surface area (Å²) in [6.45, 7) is 1.71. The van der Waals surface area contributed by atoms with Crippen molar-refractivity contribution in [1.82, 2.24) is 4.98 Å². The number of nitrogens with one attached hydrogen (secondary N) is 2. The van der Waals surface area contributed by atoms with Crippen molar-refractivity contribution in [3.63, 3.8) is 0 Å². The standard InChI is InChI=1S/C15H20N4O2/c1-21-15(20)13(16)7-10-17-9-6-12-5-4-11-3-2-8-18-14(11)19-12/h4-5,7,10H,2-3,6,8-9,16H2,1H3,(H,18,19)/p+1. The Kier molecular flexibility index (Phi) is 5.31. The molecule has 0 aliphatic carbocycles. The summed E-state index contributed by atoms with van der Waals surface area (Å²) >= 11 is 0. The number of allylic oxidation sites excluding steroid dienone is 1. The maximum absolute atomic E-state index is 11.1. The van der Waals surface area contributed by atoms with Crippen LogP contribution in [-0.4, -0.2) is 37.4 Å².